The van der Waals surface area contributed by atoms with Crippen molar-refractivity contribution < 1.29 is 33.3 Å². The van der Waals surface area contributed by atoms with Crippen LogP contribution in [0.25, 0.3) is 6.08 Å². The van der Waals surface area contributed by atoms with Crippen LogP contribution in [0.5, 0.6) is 11.5 Å². The van der Waals surface area contributed by atoms with E-state index < -0.39 is 11.9 Å². The summed E-state index contributed by atoms with van der Waals surface area (Å²) in [5.41, 5.74) is 1.61. The Labute approximate surface area is 227 Å². The summed E-state index contributed by atoms with van der Waals surface area (Å²) in [4.78, 5) is 43.5. The van der Waals surface area contributed by atoms with Crippen LogP contribution in [-0.2, 0) is 19.1 Å². The SMILES string of the molecule is CCOC(=O)COc1c(Br)cc(C=C2SC(=Nc3cccc(C(=O)OCC)c3)N(CC)C2=O)cc1OC. The van der Waals surface area contributed by atoms with Gasteiger partial charge in [-0.3, -0.25) is 9.69 Å². The number of likely N-dealkylation sites (N-methyl/N-ethyl adjacent to an activating group) is 1. The zero-order chi connectivity index (χ0) is 26.9. The first-order valence-electron chi connectivity index (χ1n) is 11.5. The molecule has 37 heavy (non-hydrogen) atoms. The molecule has 0 unspecified atom stereocenters. The van der Waals surface area contributed by atoms with Gasteiger partial charge in [0, 0.05) is 6.54 Å². The first-order chi connectivity index (χ1) is 17.8. The summed E-state index contributed by atoms with van der Waals surface area (Å²) in [6.07, 6.45) is 1.73. The maximum Gasteiger partial charge on any atom is 0.344 e. The van der Waals surface area contributed by atoms with Crippen molar-refractivity contribution in [3.05, 3.63) is 56.9 Å². The van der Waals surface area contributed by atoms with Gasteiger partial charge < -0.3 is 18.9 Å². The summed E-state index contributed by atoms with van der Waals surface area (Å²) in [5, 5.41) is 0.500. The van der Waals surface area contributed by atoms with Gasteiger partial charge in [-0.05, 0) is 90.4 Å². The molecule has 3 rings (SSSR count). The van der Waals surface area contributed by atoms with Gasteiger partial charge in [-0.25, -0.2) is 14.6 Å². The fourth-order valence-electron chi connectivity index (χ4n) is 3.35. The second-order valence-electron chi connectivity index (χ2n) is 7.45. The molecular formula is C26H27BrN2O7S. The summed E-state index contributed by atoms with van der Waals surface area (Å²) in [5.74, 6) is -0.373. The Morgan fingerprint density at radius 2 is 1.86 bits per heavy atom. The number of methoxy groups -OCH3 is 1. The Bertz CT molecular complexity index is 1250. The van der Waals surface area contributed by atoms with Crippen LogP contribution in [0.2, 0.25) is 0 Å². The Morgan fingerprint density at radius 3 is 2.54 bits per heavy atom. The normalized spacial score (nSPS) is 15.3. The van der Waals surface area contributed by atoms with Crippen LogP contribution in [0.4, 0.5) is 5.69 Å². The van der Waals surface area contributed by atoms with Crippen molar-refractivity contribution in [1.29, 1.82) is 0 Å². The van der Waals surface area contributed by atoms with E-state index in [9.17, 15) is 14.4 Å². The van der Waals surface area contributed by atoms with Crippen molar-refractivity contribution in [1.82, 2.24) is 4.90 Å². The molecule has 0 spiro atoms. The van der Waals surface area contributed by atoms with Crippen molar-refractivity contribution in [2.75, 3.05) is 33.5 Å². The topological polar surface area (TPSA) is 104 Å². The molecule has 0 atom stereocenters. The zero-order valence-electron chi connectivity index (χ0n) is 20.9. The minimum Gasteiger partial charge on any atom is -0.493 e. The van der Waals surface area contributed by atoms with E-state index in [-0.39, 0.29) is 25.7 Å². The van der Waals surface area contributed by atoms with E-state index in [0.29, 0.717) is 49.4 Å². The number of aliphatic imine (C=N–C) groups is 1. The summed E-state index contributed by atoms with van der Waals surface area (Å²) >= 11 is 4.69. The molecule has 11 heteroatoms. The highest BCUT2D eigenvalue weighted by Crippen LogP contribution is 2.39. The highest BCUT2D eigenvalue weighted by Gasteiger charge is 2.32. The molecular weight excluding hydrogens is 564 g/mol. The van der Waals surface area contributed by atoms with E-state index in [0.717, 1.165) is 0 Å². The number of amides is 1. The van der Waals surface area contributed by atoms with E-state index in [2.05, 4.69) is 20.9 Å². The molecule has 0 N–H and O–H groups in total. The highest BCUT2D eigenvalue weighted by atomic mass is 79.9. The van der Waals surface area contributed by atoms with Crippen LogP contribution < -0.4 is 9.47 Å². The Kier molecular flexibility index (Phi) is 10.2. The van der Waals surface area contributed by atoms with E-state index in [4.69, 9.17) is 18.9 Å². The fraction of sp³-hybridized carbons (Fsp3) is 0.308. The molecule has 0 bridgehead atoms. The molecule has 1 saturated heterocycles. The van der Waals surface area contributed by atoms with Gasteiger partial charge in [-0.2, -0.15) is 0 Å². The predicted octanol–water partition coefficient (Wildman–Crippen LogP) is 5.20. The summed E-state index contributed by atoms with van der Waals surface area (Å²) in [6.45, 7) is 6.02. The Morgan fingerprint density at radius 1 is 1.11 bits per heavy atom. The number of hydrogen-bond acceptors (Lipinski definition) is 9. The third-order valence-electron chi connectivity index (χ3n) is 4.98. The summed E-state index contributed by atoms with van der Waals surface area (Å²) < 4.78 is 21.5. The zero-order valence-corrected chi connectivity index (χ0v) is 23.3. The number of benzene rings is 2. The second kappa shape index (κ2) is 13.3. The maximum atomic E-state index is 13.1. The van der Waals surface area contributed by atoms with Gasteiger partial charge in [0.1, 0.15) is 0 Å². The number of carbonyl (C=O) groups is 3. The van der Waals surface area contributed by atoms with Crippen molar-refractivity contribution in [2.45, 2.75) is 20.8 Å². The number of amidine groups is 1. The smallest absolute Gasteiger partial charge is 0.344 e. The molecule has 9 nitrogen and oxygen atoms in total. The molecule has 1 aliphatic heterocycles. The number of halogens is 1. The fourth-order valence-corrected chi connectivity index (χ4v) is 4.98. The number of thioether (sulfide) groups is 1. The van der Waals surface area contributed by atoms with Gasteiger partial charge in [-0.1, -0.05) is 6.07 Å². The van der Waals surface area contributed by atoms with E-state index in [1.54, 1.807) is 61.2 Å². The first-order valence-corrected chi connectivity index (χ1v) is 13.1. The van der Waals surface area contributed by atoms with Gasteiger partial charge in [-0.15, -0.1) is 0 Å². The average molecular weight is 591 g/mol. The molecule has 0 aromatic heterocycles. The Balaban J connectivity index is 1.87. The minimum absolute atomic E-state index is 0.189. The predicted molar refractivity (Wildman–Crippen MR) is 145 cm³/mol. The summed E-state index contributed by atoms with van der Waals surface area (Å²) in [6, 6.07) is 10.2. The van der Waals surface area contributed by atoms with E-state index in [1.807, 2.05) is 6.92 Å². The molecule has 0 radical (unpaired) electrons. The molecule has 2 aromatic rings. The van der Waals surface area contributed by atoms with Gasteiger partial charge in [0.2, 0.25) is 0 Å². The van der Waals surface area contributed by atoms with Crippen molar-refractivity contribution >= 4 is 62.5 Å². The largest absolute Gasteiger partial charge is 0.493 e. The molecule has 2 aromatic carbocycles. The standard InChI is InChI=1S/C26H27BrN2O7S/c1-5-29-24(31)21(37-26(29)28-18-10-8-9-17(14-18)25(32)35-7-3)13-16-11-19(27)23(20(12-16)33-4)36-15-22(30)34-6-2/h8-14H,5-7,15H2,1-4H3. The average Bonchev–Trinajstić information content (AvgIpc) is 3.16. The lowest BCUT2D eigenvalue weighted by atomic mass is 10.2. The van der Waals surface area contributed by atoms with Crippen molar-refractivity contribution in [3.63, 3.8) is 0 Å². The van der Waals surface area contributed by atoms with Crippen molar-refractivity contribution in [3.8, 4) is 11.5 Å². The lowest BCUT2D eigenvalue weighted by molar-refractivity contribution is -0.145. The lowest BCUT2D eigenvalue weighted by Gasteiger charge is -2.13. The number of esters is 2. The molecule has 1 fully saturated rings. The quantitative estimate of drug-likeness (QED) is 0.275. The summed E-state index contributed by atoms with van der Waals surface area (Å²) in [7, 11) is 1.49. The third-order valence-corrected chi connectivity index (χ3v) is 6.57. The van der Waals surface area contributed by atoms with E-state index >= 15 is 0 Å². The van der Waals surface area contributed by atoms with Gasteiger partial charge in [0.25, 0.3) is 5.91 Å². The first kappa shape index (κ1) is 28.3. The lowest BCUT2D eigenvalue weighted by Crippen LogP contribution is -2.28. The second-order valence-corrected chi connectivity index (χ2v) is 9.32. The number of ether oxygens (including phenoxy) is 4. The van der Waals surface area contributed by atoms with Gasteiger partial charge in [0.05, 0.1) is 41.0 Å². The number of nitrogens with zero attached hydrogens (tertiary/aromatic N) is 2. The number of rotatable bonds is 10. The molecule has 196 valence electrons. The van der Waals surface area contributed by atoms with Crippen LogP contribution >= 0.6 is 27.7 Å². The Hall–Kier alpha value is -3.31. The number of hydrogen-bond donors (Lipinski definition) is 0. The van der Waals surface area contributed by atoms with Crippen LogP contribution in [0.3, 0.4) is 0 Å². The molecule has 1 aliphatic rings. The monoisotopic (exact) mass is 590 g/mol. The molecule has 1 amide bonds. The minimum atomic E-state index is -0.491. The number of carbonyl (C=O) groups excluding carboxylic acids is 3. The van der Waals surface area contributed by atoms with Gasteiger partial charge in [0.15, 0.2) is 23.3 Å². The van der Waals surface area contributed by atoms with Crippen LogP contribution in [0, 0.1) is 0 Å². The molecule has 1 heterocycles. The third kappa shape index (κ3) is 7.14. The van der Waals surface area contributed by atoms with Crippen LogP contribution in [-0.4, -0.2) is 61.4 Å². The van der Waals surface area contributed by atoms with Crippen LogP contribution in [0.15, 0.2) is 50.8 Å². The van der Waals surface area contributed by atoms with E-state index in [1.165, 1.54) is 18.9 Å². The molecule has 0 saturated carbocycles. The van der Waals surface area contributed by atoms with Crippen LogP contribution in [0.1, 0.15) is 36.7 Å². The maximum absolute atomic E-state index is 13.1. The van der Waals surface area contributed by atoms with Crippen molar-refractivity contribution in [2.24, 2.45) is 4.99 Å². The highest BCUT2D eigenvalue weighted by molar-refractivity contribution is 9.10. The molecule has 0 aliphatic carbocycles. The van der Waals surface area contributed by atoms with Gasteiger partial charge >= 0.3 is 11.9 Å².